The maximum Gasteiger partial charge on any atom is 0.282 e. The predicted octanol–water partition coefficient (Wildman–Crippen LogP) is 0.719. The van der Waals surface area contributed by atoms with Crippen LogP contribution >= 0.6 is 0 Å². The molecule has 0 spiro atoms. The van der Waals surface area contributed by atoms with Crippen LogP contribution in [0.4, 0.5) is 4.39 Å². The Hall–Kier alpha value is -1.07. The van der Waals surface area contributed by atoms with Crippen molar-refractivity contribution in [1.29, 1.82) is 0 Å². The quantitative estimate of drug-likeness (QED) is 0.730. The second kappa shape index (κ2) is 7.44. The Morgan fingerprint density at radius 2 is 1.54 bits per heavy atom. The number of hydrogen-bond acceptors (Lipinski definition) is 4. The Bertz CT molecular complexity index is 771. The summed E-state index contributed by atoms with van der Waals surface area (Å²) >= 11 is 0. The molecule has 136 valence electrons. The van der Waals surface area contributed by atoms with Crippen molar-refractivity contribution in [3.63, 3.8) is 0 Å². The van der Waals surface area contributed by atoms with Gasteiger partial charge in [-0.05, 0) is 18.2 Å². The second-order valence-corrected chi connectivity index (χ2v) is 9.22. The summed E-state index contributed by atoms with van der Waals surface area (Å²) in [5, 5.41) is 0. The van der Waals surface area contributed by atoms with Crippen LogP contribution in [-0.2, 0) is 20.2 Å². The highest BCUT2D eigenvalue weighted by Crippen LogP contribution is 2.20. The van der Waals surface area contributed by atoms with Gasteiger partial charge in [0.15, 0.2) is 0 Å². The molecule has 0 aliphatic carbocycles. The summed E-state index contributed by atoms with van der Waals surface area (Å²) < 4.78 is 67.0. The molecule has 10 heteroatoms. The van der Waals surface area contributed by atoms with Crippen molar-refractivity contribution < 1.29 is 21.2 Å². The summed E-state index contributed by atoms with van der Waals surface area (Å²) in [5.41, 5.74) is 0. The highest BCUT2D eigenvalue weighted by molar-refractivity contribution is 7.89. The van der Waals surface area contributed by atoms with E-state index in [2.05, 4.69) is 0 Å². The molecule has 1 aromatic carbocycles. The highest BCUT2D eigenvalue weighted by Gasteiger charge is 2.35. The summed E-state index contributed by atoms with van der Waals surface area (Å²) in [4.78, 5) is -0.123. The van der Waals surface area contributed by atoms with Crippen LogP contribution < -0.4 is 0 Å². The molecule has 0 saturated carbocycles. The van der Waals surface area contributed by atoms with E-state index in [4.69, 9.17) is 0 Å². The van der Waals surface area contributed by atoms with Gasteiger partial charge in [0.05, 0.1) is 4.90 Å². The van der Waals surface area contributed by atoms with E-state index in [0.29, 0.717) is 13.1 Å². The van der Waals surface area contributed by atoms with E-state index in [1.807, 2.05) is 0 Å². The van der Waals surface area contributed by atoms with E-state index in [1.165, 1.54) is 31.1 Å². The monoisotopic (exact) mass is 379 g/mol. The zero-order chi connectivity index (χ0) is 18.0. The van der Waals surface area contributed by atoms with E-state index in [-0.39, 0.29) is 31.1 Å². The highest BCUT2D eigenvalue weighted by atomic mass is 32.2. The van der Waals surface area contributed by atoms with Gasteiger partial charge in [-0.2, -0.15) is 21.3 Å². The zero-order valence-corrected chi connectivity index (χ0v) is 15.4. The van der Waals surface area contributed by atoms with Gasteiger partial charge in [-0.3, -0.25) is 0 Å². The third-order valence-electron chi connectivity index (χ3n) is 3.99. The largest absolute Gasteiger partial charge is 0.282 e. The first-order valence-electron chi connectivity index (χ1n) is 7.74. The fourth-order valence-corrected chi connectivity index (χ4v) is 5.69. The maximum atomic E-state index is 13.3. The molecular formula is C14H22FN3O4S2. The standard InChI is InChI=1S/C14H22FN3O4S2/c1-3-16(4-2)24(21,22)18-10-8-17(9-11-18)23(19,20)14-7-5-6-13(15)12-14/h5-7,12H,3-4,8-11H2,1-2H3. The van der Waals surface area contributed by atoms with Gasteiger partial charge in [-0.25, -0.2) is 12.8 Å². The van der Waals surface area contributed by atoms with Gasteiger partial charge in [-0.1, -0.05) is 19.9 Å². The predicted molar refractivity (Wildman–Crippen MR) is 88.6 cm³/mol. The minimum Gasteiger partial charge on any atom is -0.207 e. The summed E-state index contributed by atoms with van der Waals surface area (Å²) in [5.74, 6) is -0.626. The van der Waals surface area contributed by atoms with Crippen LogP contribution in [0, 0.1) is 5.82 Å². The molecule has 1 saturated heterocycles. The molecule has 0 radical (unpaired) electrons. The minimum atomic E-state index is -3.83. The lowest BCUT2D eigenvalue weighted by molar-refractivity contribution is 0.256. The fourth-order valence-electron chi connectivity index (χ4n) is 2.63. The lowest BCUT2D eigenvalue weighted by Crippen LogP contribution is -2.54. The van der Waals surface area contributed by atoms with Crippen molar-refractivity contribution in [2.24, 2.45) is 0 Å². The van der Waals surface area contributed by atoms with Gasteiger partial charge < -0.3 is 0 Å². The topological polar surface area (TPSA) is 78.0 Å². The molecule has 1 aromatic rings. The molecule has 0 unspecified atom stereocenters. The van der Waals surface area contributed by atoms with Crippen LogP contribution in [0.1, 0.15) is 13.8 Å². The number of halogens is 1. The molecule has 0 amide bonds. The van der Waals surface area contributed by atoms with E-state index >= 15 is 0 Å². The first-order chi connectivity index (χ1) is 11.2. The lowest BCUT2D eigenvalue weighted by Gasteiger charge is -2.35. The molecule has 0 bridgehead atoms. The molecule has 0 aromatic heterocycles. The van der Waals surface area contributed by atoms with Crippen molar-refractivity contribution in [3.05, 3.63) is 30.1 Å². The van der Waals surface area contributed by atoms with Crippen LogP contribution in [0.5, 0.6) is 0 Å². The molecule has 1 heterocycles. The molecule has 24 heavy (non-hydrogen) atoms. The summed E-state index contributed by atoms with van der Waals surface area (Å²) in [6.07, 6.45) is 0. The van der Waals surface area contributed by atoms with Gasteiger partial charge in [0.1, 0.15) is 5.82 Å². The van der Waals surface area contributed by atoms with Gasteiger partial charge in [0.25, 0.3) is 10.2 Å². The third-order valence-corrected chi connectivity index (χ3v) is 8.07. The molecule has 1 aliphatic rings. The van der Waals surface area contributed by atoms with Crippen molar-refractivity contribution in [1.82, 2.24) is 12.9 Å². The molecule has 1 aliphatic heterocycles. The number of rotatable bonds is 6. The lowest BCUT2D eigenvalue weighted by atomic mass is 10.4. The summed E-state index contributed by atoms with van der Waals surface area (Å²) in [7, 11) is -7.41. The molecule has 1 fully saturated rings. The first kappa shape index (κ1) is 19.3. The van der Waals surface area contributed by atoms with Crippen LogP contribution in [0.2, 0.25) is 0 Å². The van der Waals surface area contributed by atoms with Crippen molar-refractivity contribution >= 4 is 20.2 Å². The molecule has 0 atom stereocenters. The van der Waals surface area contributed by atoms with Gasteiger partial charge >= 0.3 is 0 Å². The normalized spacial score (nSPS) is 18.2. The number of hydrogen-bond donors (Lipinski definition) is 0. The van der Waals surface area contributed by atoms with Crippen LogP contribution in [0.15, 0.2) is 29.2 Å². The molecule has 0 N–H and O–H groups in total. The van der Waals surface area contributed by atoms with E-state index in [0.717, 1.165) is 6.07 Å². The van der Waals surface area contributed by atoms with Crippen molar-refractivity contribution in [3.8, 4) is 0 Å². The fraction of sp³-hybridized carbons (Fsp3) is 0.571. The number of nitrogens with zero attached hydrogens (tertiary/aromatic N) is 3. The van der Waals surface area contributed by atoms with Crippen molar-refractivity contribution in [2.45, 2.75) is 18.7 Å². The first-order valence-corrected chi connectivity index (χ1v) is 10.6. The maximum absolute atomic E-state index is 13.3. The average molecular weight is 379 g/mol. The van der Waals surface area contributed by atoms with Crippen molar-refractivity contribution in [2.75, 3.05) is 39.3 Å². The minimum absolute atomic E-state index is 0.0410. The van der Waals surface area contributed by atoms with Gasteiger partial charge in [0.2, 0.25) is 10.0 Å². The third kappa shape index (κ3) is 3.77. The Kier molecular flexibility index (Phi) is 5.97. The molecular weight excluding hydrogens is 357 g/mol. The number of sulfonamides is 1. The SMILES string of the molecule is CCN(CC)S(=O)(=O)N1CCN(S(=O)(=O)c2cccc(F)c2)CC1. The van der Waals surface area contributed by atoms with E-state index in [1.54, 1.807) is 13.8 Å². The Morgan fingerprint density at radius 3 is 2.04 bits per heavy atom. The van der Waals surface area contributed by atoms with Gasteiger partial charge in [0, 0.05) is 39.3 Å². The van der Waals surface area contributed by atoms with Crippen LogP contribution in [-0.4, -0.2) is 69.0 Å². The number of benzene rings is 1. The smallest absolute Gasteiger partial charge is 0.207 e. The van der Waals surface area contributed by atoms with Gasteiger partial charge in [-0.15, -0.1) is 0 Å². The Morgan fingerprint density at radius 1 is 1.00 bits per heavy atom. The van der Waals surface area contributed by atoms with Crippen LogP contribution in [0.25, 0.3) is 0 Å². The average Bonchev–Trinajstić information content (AvgIpc) is 2.56. The Labute approximate surface area is 142 Å². The zero-order valence-electron chi connectivity index (χ0n) is 13.7. The van der Waals surface area contributed by atoms with E-state index in [9.17, 15) is 21.2 Å². The van der Waals surface area contributed by atoms with Crippen LogP contribution in [0.3, 0.4) is 0 Å². The summed E-state index contributed by atoms with van der Waals surface area (Å²) in [6.45, 7) is 4.47. The van der Waals surface area contributed by atoms with E-state index < -0.39 is 26.0 Å². The molecule has 7 nitrogen and oxygen atoms in total. The summed E-state index contributed by atoms with van der Waals surface area (Å²) in [6, 6.07) is 4.81. The molecule has 2 rings (SSSR count). The number of piperazine rings is 1. The second-order valence-electron chi connectivity index (χ2n) is 5.35. The Balaban J connectivity index is 2.13.